The molecule has 1 spiro atoms. The molecule has 216 valence electrons. The summed E-state index contributed by atoms with van der Waals surface area (Å²) >= 11 is 0. The monoisotopic (exact) mass is 521 g/mol. The topological polar surface area (TPSA) is 0 Å². The van der Waals surface area contributed by atoms with Gasteiger partial charge in [-0.2, -0.15) is 0 Å². The minimum Gasteiger partial charge on any atom is -0.0707 e. The second-order valence-electron chi connectivity index (χ2n) is 17.6. The molecule has 0 radical (unpaired) electrons. The molecule has 0 amide bonds. The molecule has 8 unspecified atom stereocenters. The lowest BCUT2D eigenvalue weighted by atomic mass is 9.53. The second kappa shape index (κ2) is 10.2. The summed E-state index contributed by atoms with van der Waals surface area (Å²) in [5, 5.41) is 0. The van der Waals surface area contributed by atoms with Crippen molar-refractivity contribution in [1.82, 2.24) is 0 Å². The van der Waals surface area contributed by atoms with Crippen molar-refractivity contribution >= 4 is 0 Å². The molecule has 6 aliphatic rings. The van der Waals surface area contributed by atoms with Crippen LogP contribution in [-0.4, -0.2) is 0 Å². The Balaban J connectivity index is 1.30. The molecule has 6 fully saturated rings. The van der Waals surface area contributed by atoms with Crippen molar-refractivity contribution in [2.24, 2.45) is 69.5 Å². The molecule has 6 aliphatic carbocycles. The minimum atomic E-state index is 0.489. The quantitative estimate of drug-likeness (QED) is 0.265. The summed E-state index contributed by atoms with van der Waals surface area (Å²) in [5.74, 6) is 8.71. The van der Waals surface area contributed by atoms with E-state index in [0.29, 0.717) is 10.8 Å². The van der Waals surface area contributed by atoms with Crippen LogP contribution < -0.4 is 0 Å². The molecule has 0 aliphatic heterocycles. The molecule has 6 rings (SSSR count). The lowest BCUT2D eigenvalue weighted by Gasteiger charge is -2.52. The highest BCUT2D eigenvalue weighted by Gasteiger charge is 2.75. The molecular weight excluding hydrogens is 456 g/mol. The molecule has 0 nitrogen and oxygen atoms in total. The highest BCUT2D eigenvalue weighted by molar-refractivity contribution is 5.28. The van der Waals surface area contributed by atoms with E-state index in [-0.39, 0.29) is 0 Å². The normalized spacial score (nSPS) is 41.2. The highest BCUT2D eigenvalue weighted by Crippen LogP contribution is 2.83. The fourth-order valence-corrected chi connectivity index (χ4v) is 12.0. The van der Waals surface area contributed by atoms with E-state index < -0.39 is 0 Å². The van der Waals surface area contributed by atoms with Crippen LogP contribution in [0.25, 0.3) is 0 Å². The zero-order chi connectivity index (χ0) is 26.9. The van der Waals surface area contributed by atoms with Gasteiger partial charge in [-0.3, -0.25) is 0 Å². The minimum absolute atomic E-state index is 0.489. The van der Waals surface area contributed by atoms with Crippen LogP contribution in [0, 0.1) is 69.5 Å². The van der Waals surface area contributed by atoms with Crippen LogP contribution in [-0.2, 0) is 0 Å². The molecular formula is C38H64. The second-order valence-corrected chi connectivity index (χ2v) is 17.6. The lowest BCUT2D eigenvalue weighted by molar-refractivity contribution is -0.0283. The first kappa shape index (κ1) is 27.9. The molecule has 0 bridgehead atoms. The molecule has 38 heavy (non-hydrogen) atoms. The zero-order valence-electron chi connectivity index (χ0n) is 26.7. The van der Waals surface area contributed by atoms with Crippen LogP contribution in [0.2, 0.25) is 0 Å². The van der Waals surface area contributed by atoms with Crippen LogP contribution in [0.4, 0.5) is 0 Å². The summed E-state index contributed by atoms with van der Waals surface area (Å²) in [6, 6.07) is 0. The summed E-state index contributed by atoms with van der Waals surface area (Å²) in [7, 11) is 0. The summed E-state index contributed by atoms with van der Waals surface area (Å²) in [5.41, 5.74) is 5.93. The molecule has 0 heteroatoms. The molecule has 0 aromatic heterocycles. The van der Waals surface area contributed by atoms with Gasteiger partial charge in [-0.15, -0.1) is 0 Å². The number of allylic oxidation sites excluding steroid dienone is 2. The Morgan fingerprint density at radius 1 is 0.921 bits per heavy atom. The lowest BCUT2D eigenvalue weighted by Crippen LogP contribution is -2.45. The van der Waals surface area contributed by atoms with Crippen molar-refractivity contribution < 1.29 is 0 Å². The van der Waals surface area contributed by atoms with Crippen LogP contribution in [0.1, 0.15) is 158 Å². The molecule has 0 heterocycles. The Bertz CT molecular complexity index is 866. The first-order valence-electron chi connectivity index (χ1n) is 17.8. The predicted molar refractivity (Wildman–Crippen MR) is 164 cm³/mol. The van der Waals surface area contributed by atoms with E-state index in [1.165, 1.54) is 57.8 Å². The predicted octanol–water partition coefficient (Wildman–Crippen LogP) is 11.6. The van der Waals surface area contributed by atoms with E-state index in [0.717, 1.165) is 58.7 Å². The van der Waals surface area contributed by atoms with E-state index in [4.69, 9.17) is 0 Å². The summed E-state index contributed by atoms with van der Waals surface area (Å²) < 4.78 is 0. The van der Waals surface area contributed by atoms with Gasteiger partial charge in [0, 0.05) is 0 Å². The SMILES string of the molecule is CCC(C(C)C)C1(C2CC(CC3CCC3)CC(CC(=C3CCCC3)C3CC3C(C)(C)C)C2C)CC12CCC2. The molecule has 0 N–H and O–H groups in total. The first-order chi connectivity index (χ1) is 18.1. The average Bonchev–Trinajstić information content (AvgIpc) is 3.68. The maximum absolute atomic E-state index is 2.79. The van der Waals surface area contributed by atoms with Gasteiger partial charge < -0.3 is 0 Å². The first-order valence-corrected chi connectivity index (χ1v) is 17.8. The summed E-state index contributed by atoms with van der Waals surface area (Å²) in [6.07, 6.45) is 25.9. The maximum Gasteiger partial charge on any atom is -0.0164 e. The third-order valence-electron chi connectivity index (χ3n) is 14.4. The standard InChI is InChI=1S/C38H64/c1-8-33(25(2)3)38(24-37(38)17-12-18-37)34-21-28(19-27-13-11-14-27)20-30(26(34)4)22-31(29-15-9-10-16-29)32-23-35(32)36(5,6)7/h25-28,30,32-35H,8-24H2,1-7H3. The number of hydrogen-bond acceptors (Lipinski definition) is 0. The Hall–Kier alpha value is -0.260. The van der Waals surface area contributed by atoms with Crippen molar-refractivity contribution in [3.63, 3.8) is 0 Å². The Kier molecular flexibility index (Phi) is 7.51. The van der Waals surface area contributed by atoms with E-state index in [2.05, 4.69) is 48.5 Å². The van der Waals surface area contributed by atoms with Crippen molar-refractivity contribution in [2.75, 3.05) is 0 Å². The Morgan fingerprint density at radius 3 is 2.11 bits per heavy atom. The fourth-order valence-electron chi connectivity index (χ4n) is 12.0. The van der Waals surface area contributed by atoms with E-state index >= 15 is 0 Å². The zero-order valence-corrected chi connectivity index (χ0v) is 26.7. The van der Waals surface area contributed by atoms with Gasteiger partial charge in [0.15, 0.2) is 0 Å². The van der Waals surface area contributed by atoms with Gasteiger partial charge in [-0.1, -0.05) is 91.7 Å². The molecule has 8 atom stereocenters. The van der Waals surface area contributed by atoms with Crippen molar-refractivity contribution in [3.8, 4) is 0 Å². The summed E-state index contributed by atoms with van der Waals surface area (Å²) in [4.78, 5) is 0. The van der Waals surface area contributed by atoms with Crippen molar-refractivity contribution in [3.05, 3.63) is 11.1 Å². The van der Waals surface area contributed by atoms with Crippen molar-refractivity contribution in [2.45, 2.75) is 158 Å². The van der Waals surface area contributed by atoms with Gasteiger partial charge in [0.05, 0.1) is 0 Å². The van der Waals surface area contributed by atoms with Crippen LogP contribution in [0.3, 0.4) is 0 Å². The van der Waals surface area contributed by atoms with Crippen LogP contribution in [0.5, 0.6) is 0 Å². The van der Waals surface area contributed by atoms with Crippen molar-refractivity contribution in [1.29, 1.82) is 0 Å². The maximum atomic E-state index is 2.79. The van der Waals surface area contributed by atoms with E-state index in [9.17, 15) is 0 Å². The molecule has 0 aromatic carbocycles. The largest absolute Gasteiger partial charge is 0.0707 e. The summed E-state index contributed by atoms with van der Waals surface area (Å²) in [6.45, 7) is 18.1. The molecule has 6 saturated carbocycles. The van der Waals surface area contributed by atoms with Gasteiger partial charge in [-0.05, 0) is 147 Å². The van der Waals surface area contributed by atoms with Gasteiger partial charge in [0.1, 0.15) is 0 Å². The van der Waals surface area contributed by atoms with Gasteiger partial charge in [0.2, 0.25) is 0 Å². The Labute approximate surface area is 238 Å². The molecule has 0 aromatic rings. The third kappa shape index (κ3) is 4.71. The van der Waals surface area contributed by atoms with E-state index in [1.807, 2.05) is 11.1 Å². The Morgan fingerprint density at radius 2 is 1.63 bits per heavy atom. The third-order valence-corrected chi connectivity index (χ3v) is 14.4. The smallest absolute Gasteiger partial charge is 0.0164 e. The number of hydrogen-bond donors (Lipinski definition) is 0. The van der Waals surface area contributed by atoms with Crippen LogP contribution in [0.15, 0.2) is 11.1 Å². The van der Waals surface area contributed by atoms with Gasteiger partial charge in [0.25, 0.3) is 0 Å². The van der Waals surface area contributed by atoms with E-state index in [1.54, 1.807) is 51.4 Å². The highest BCUT2D eigenvalue weighted by atomic mass is 14.8. The fraction of sp³-hybridized carbons (Fsp3) is 0.947. The average molecular weight is 521 g/mol. The molecule has 0 saturated heterocycles. The van der Waals surface area contributed by atoms with Crippen LogP contribution >= 0.6 is 0 Å². The van der Waals surface area contributed by atoms with Gasteiger partial charge >= 0.3 is 0 Å². The number of rotatable bonds is 9. The van der Waals surface area contributed by atoms with Gasteiger partial charge in [-0.25, -0.2) is 0 Å².